The molecule has 2 aromatic carbocycles. The third kappa shape index (κ3) is 4.86. The highest BCUT2D eigenvalue weighted by Crippen LogP contribution is 2.44. The van der Waals surface area contributed by atoms with E-state index in [0.717, 1.165) is 22.3 Å². The van der Waals surface area contributed by atoms with Crippen LogP contribution in [0.5, 0.6) is 0 Å². The van der Waals surface area contributed by atoms with Crippen molar-refractivity contribution in [3.05, 3.63) is 59.7 Å². The fraction of sp³-hybridized carbons (Fsp3) is 0.348. The molecule has 0 aromatic heterocycles. The van der Waals surface area contributed by atoms with Crippen molar-refractivity contribution in [1.29, 1.82) is 0 Å². The predicted molar refractivity (Wildman–Crippen MR) is 114 cm³/mol. The molecule has 31 heavy (non-hydrogen) atoms. The van der Waals surface area contributed by atoms with E-state index in [4.69, 9.17) is 14.6 Å². The van der Waals surface area contributed by atoms with Crippen LogP contribution in [0.3, 0.4) is 0 Å². The molecule has 0 heterocycles. The van der Waals surface area contributed by atoms with Crippen LogP contribution < -0.4 is 10.6 Å². The molecule has 0 saturated carbocycles. The minimum absolute atomic E-state index is 0.0983. The molecular weight excluding hydrogens is 400 g/mol. The number of amides is 2. The summed E-state index contributed by atoms with van der Waals surface area (Å²) in [6.07, 6.45) is -1.48. The fourth-order valence-electron chi connectivity index (χ4n) is 3.66. The second-order valence-corrected chi connectivity index (χ2v) is 7.46. The SMILES string of the molecule is CO[C@H](C)[C@H](NC(=O)OCC1c2ccccc2-c2ccccc21)C(=O)N[C@H](C)C(=O)O. The Morgan fingerprint density at radius 3 is 2.03 bits per heavy atom. The summed E-state index contributed by atoms with van der Waals surface area (Å²) in [5.74, 6) is -1.96. The maximum absolute atomic E-state index is 12.5. The zero-order valence-corrected chi connectivity index (χ0v) is 17.6. The van der Waals surface area contributed by atoms with Gasteiger partial charge >= 0.3 is 12.1 Å². The van der Waals surface area contributed by atoms with Crippen LogP contribution in [0, 0.1) is 0 Å². The lowest BCUT2D eigenvalue weighted by Gasteiger charge is -2.24. The van der Waals surface area contributed by atoms with Gasteiger partial charge in [0.05, 0.1) is 6.10 Å². The van der Waals surface area contributed by atoms with Crippen molar-refractivity contribution in [3.63, 3.8) is 0 Å². The number of fused-ring (bicyclic) bond motifs is 3. The zero-order valence-electron chi connectivity index (χ0n) is 17.6. The van der Waals surface area contributed by atoms with Gasteiger partial charge in [0.2, 0.25) is 5.91 Å². The molecule has 0 spiro atoms. The Labute approximate surface area is 180 Å². The molecule has 0 saturated heterocycles. The van der Waals surface area contributed by atoms with E-state index in [9.17, 15) is 14.4 Å². The maximum Gasteiger partial charge on any atom is 0.407 e. The second kappa shape index (κ2) is 9.61. The number of rotatable bonds is 8. The molecule has 0 bridgehead atoms. The number of carbonyl (C=O) groups is 3. The number of carboxylic acids is 1. The Morgan fingerprint density at radius 2 is 1.52 bits per heavy atom. The molecule has 3 N–H and O–H groups in total. The molecule has 8 nitrogen and oxygen atoms in total. The minimum atomic E-state index is -1.18. The Kier molecular flexibility index (Phi) is 6.91. The molecule has 8 heteroatoms. The summed E-state index contributed by atoms with van der Waals surface area (Å²) in [6.45, 7) is 3.03. The number of hydrogen-bond donors (Lipinski definition) is 3. The molecule has 0 radical (unpaired) electrons. The monoisotopic (exact) mass is 426 g/mol. The van der Waals surface area contributed by atoms with Gasteiger partial charge in [0.15, 0.2) is 0 Å². The molecule has 1 aliphatic rings. The summed E-state index contributed by atoms with van der Waals surface area (Å²) in [4.78, 5) is 36.0. The number of methoxy groups -OCH3 is 1. The van der Waals surface area contributed by atoms with E-state index in [2.05, 4.69) is 10.6 Å². The van der Waals surface area contributed by atoms with Crippen molar-refractivity contribution in [2.75, 3.05) is 13.7 Å². The Balaban J connectivity index is 1.68. The molecule has 3 rings (SSSR count). The van der Waals surface area contributed by atoms with Gasteiger partial charge < -0.3 is 25.2 Å². The first kappa shape index (κ1) is 22.3. The van der Waals surface area contributed by atoms with Gasteiger partial charge in [-0.15, -0.1) is 0 Å². The molecule has 3 atom stereocenters. The van der Waals surface area contributed by atoms with E-state index in [0.29, 0.717) is 0 Å². The van der Waals surface area contributed by atoms with Crippen molar-refractivity contribution in [2.24, 2.45) is 0 Å². The molecule has 2 amide bonds. The Bertz CT molecular complexity index is 931. The van der Waals surface area contributed by atoms with E-state index in [-0.39, 0.29) is 12.5 Å². The second-order valence-electron chi connectivity index (χ2n) is 7.46. The van der Waals surface area contributed by atoms with E-state index < -0.39 is 36.2 Å². The summed E-state index contributed by atoms with van der Waals surface area (Å²) in [5, 5.41) is 13.8. The van der Waals surface area contributed by atoms with Gasteiger partial charge in [0, 0.05) is 13.0 Å². The highest BCUT2D eigenvalue weighted by molar-refractivity contribution is 5.89. The van der Waals surface area contributed by atoms with E-state index in [1.807, 2.05) is 48.5 Å². The van der Waals surface area contributed by atoms with Crippen molar-refractivity contribution in [3.8, 4) is 11.1 Å². The average molecular weight is 426 g/mol. The van der Waals surface area contributed by atoms with Crippen LogP contribution >= 0.6 is 0 Å². The molecule has 2 aromatic rings. The molecular formula is C23H26N2O6. The molecule has 0 unspecified atom stereocenters. The van der Waals surface area contributed by atoms with Crippen LogP contribution in [-0.4, -0.2) is 55.0 Å². The summed E-state index contributed by atoms with van der Waals surface area (Å²) < 4.78 is 10.6. The lowest BCUT2D eigenvalue weighted by atomic mass is 9.98. The molecule has 164 valence electrons. The molecule has 0 aliphatic heterocycles. The fourth-order valence-corrected chi connectivity index (χ4v) is 3.66. The number of ether oxygens (including phenoxy) is 2. The minimum Gasteiger partial charge on any atom is -0.480 e. The number of carboxylic acid groups (broad SMARTS) is 1. The lowest BCUT2D eigenvalue weighted by molar-refractivity contribution is -0.142. The van der Waals surface area contributed by atoms with Gasteiger partial charge in [-0.25, -0.2) is 4.79 Å². The first-order valence-electron chi connectivity index (χ1n) is 10.0. The zero-order chi connectivity index (χ0) is 22.5. The van der Waals surface area contributed by atoms with Crippen molar-refractivity contribution in [1.82, 2.24) is 10.6 Å². The summed E-state index contributed by atoms with van der Waals surface area (Å²) in [6, 6.07) is 13.7. The van der Waals surface area contributed by atoms with Crippen molar-refractivity contribution >= 4 is 18.0 Å². The maximum atomic E-state index is 12.5. The standard InChI is InChI=1S/C23H26N2O6/c1-13(22(27)28)24-21(26)20(14(2)30-3)25-23(29)31-12-19-17-10-6-4-8-15(17)16-9-5-7-11-18(16)19/h4-11,13-14,19-20H,12H2,1-3H3,(H,24,26)(H,25,29)(H,27,28)/t13-,14-,20+/m1/s1. The van der Waals surface area contributed by atoms with Crippen LogP contribution in [0.2, 0.25) is 0 Å². The molecule has 0 fully saturated rings. The van der Waals surface area contributed by atoms with E-state index in [1.54, 1.807) is 6.92 Å². The summed E-state index contributed by atoms with van der Waals surface area (Å²) in [5.41, 5.74) is 4.37. The smallest absolute Gasteiger partial charge is 0.407 e. The highest BCUT2D eigenvalue weighted by atomic mass is 16.5. The van der Waals surface area contributed by atoms with Gasteiger partial charge in [0.25, 0.3) is 0 Å². The number of nitrogens with one attached hydrogen (secondary N) is 2. The van der Waals surface area contributed by atoms with Gasteiger partial charge in [0.1, 0.15) is 18.7 Å². The Morgan fingerprint density at radius 1 is 0.968 bits per heavy atom. The summed E-state index contributed by atoms with van der Waals surface area (Å²) in [7, 11) is 1.39. The number of hydrogen-bond acceptors (Lipinski definition) is 5. The predicted octanol–water partition coefficient (Wildman–Crippen LogP) is 2.52. The summed E-state index contributed by atoms with van der Waals surface area (Å²) >= 11 is 0. The van der Waals surface area contributed by atoms with E-state index >= 15 is 0 Å². The Hall–Kier alpha value is -3.39. The van der Waals surface area contributed by atoms with Gasteiger partial charge in [-0.3, -0.25) is 9.59 Å². The quantitative estimate of drug-likeness (QED) is 0.598. The highest BCUT2D eigenvalue weighted by Gasteiger charge is 2.32. The third-order valence-corrected chi connectivity index (χ3v) is 5.47. The molecule has 1 aliphatic carbocycles. The number of benzene rings is 2. The van der Waals surface area contributed by atoms with Crippen LogP contribution in [-0.2, 0) is 19.1 Å². The number of alkyl carbamates (subject to hydrolysis) is 1. The van der Waals surface area contributed by atoms with Crippen molar-refractivity contribution in [2.45, 2.75) is 38.0 Å². The lowest BCUT2D eigenvalue weighted by Crippen LogP contribution is -2.55. The third-order valence-electron chi connectivity index (χ3n) is 5.47. The van der Waals surface area contributed by atoms with Gasteiger partial charge in [-0.2, -0.15) is 0 Å². The van der Waals surface area contributed by atoms with E-state index in [1.165, 1.54) is 14.0 Å². The van der Waals surface area contributed by atoms with Crippen molar-refractivity contribution < 1.29 is 29.0 Å². The van der Waals surface area contributed by atoms with Crippen LogP contribution in [0.25, 0.3) is 11.1 Å². The van der Waals surface area contributed by atoms with Gasteiger partial charge in [-0.05, 0) is 36.1 Å². The number of carbonyl (C=O) groups excluding carboxylic acids is 2. The average Bonchev–Trinajstić information content (AvgIpc) is 3.09. The normalized spacial score (nSPS) is 15.2. The van der Waals surface area contributed by atoms with Crippen LogP contribution in [0.15, 0.2) is 48.5 Å². The topological polar surface area (TPSA) is 114 Å². The van der Waals surface area contributed by atoms with Gasteiger partial charge in [-0.1, -0.05) is 48.5 Å². The van der Waals surface area contributed by atoms with Crippen LogP contribution in [0.4, 0.5) is 4.79 Å². The van der Waals surface area contributed by atoms with Crippen LogP contribution in [0.1, 0.15) is 30.9 Å². The largest absolute Gasteiger partial charge is 0.480 e. The first-order valence-corrected chi connectivity index (χ1v) is 10.0. The number of aliphatic carboxylic acids is 1. The first-order chi connectivity index (χ1) is 14.8.